The van der Waals surface area contributed by atoms with E-state index in [9.17, 15) is 8.42 Å². The molecule has 0 unspecified atom stereocenters. The number of rotatable bonds is 6. The number of likely N-dealkylation sites (N-methyl/N-ethyl adjacent to an activating group) is 1. The van der Waals surface area contributed by atoms with Crippen LogP contribution < -0.4 is 14.4 Å². The molecule has 0 atom stereocenters. The van der Waals surface area contributed by atoms with Crippen LogP contribution in [0.5, 0.6) is 5.75 Å². The molecule has 1 heterocycles. The van der Waals surface area contributed by atoms with E-state index in [-0.39, 0.29) is 4.90 Å². The van der Waals surface area contributed by atoms with E-state index in [2.05, 4.69) is 21.4 Å². The van der Waals surface area contributed by atoms with Gasteiger partial charge in [-0.25, -0.2) is 8.42 Å². The average Bonchev–Trinajstić information content (AvgIpc) is 2.68. The highest BCUT2D eigenvalue weighted by molar-refractivity contribution is 7.92. The van der Waals surface area contributed by atoms with Gasteiger partial charge >= 0.3 is 0 Å². The summed E-state index contributed by atoms with van der Waals surface area (Å²) in [5, 5.41) is 0. The van der Waals surface area contributed by atoms with Crippen LogP contribution in [0.1, 0.15) is 18.1 Å². The SMILES string of the molecule is CCN1CCN(c2ccccc2NS(=O)(=O)c2cc(C)c(OC)c(C)c2)CC1. The van der Waals surface area contributed by atoms with Gasteiger partial charge in [0.05, 0.1) is 23.4 Å². The third-order valence-electron chi connectivity index (χ3n) is 5.26. The number of nitrogens with one attached hydrogen (secondary N) is 1. The molecule has 0 aromatic heterocycles. The van der Waals surface area contributed by atoms with Crippen molar-refractivity contribution in [1.29, 1.82) is 0 Å². The molecule has 1 aliphatic rings. The summed E-state index contributed by atoms with van der Waals surface area (Å²) in [6.45, 7) is 10.6. The second-order valence-electron chi connectivity index (χ2n) is 7.13. The molecule has 3 rings (SSSR count). The van der Waals surface area contributed by atoms with E-state index < -0.39 is 10.0 Å². The lowest BCUT2D eigenvalue weighted by atomic mass is 10.1. The predicted octanol–water partition coefficient (Wildman–Crippen LogP) is 3.25. The first-order valence-corrected chi connectivity index (χ1v) is 11.1. The van der Waals surface area contributed by atoms with Gasteiger partial charge in [0.15, 0.2) is 0 Å². The van der Waals surface area contributed by atoms with Crippen molar-refractivity contribution < 1.29 is 13.2 Å². The molecule has 0 spiro atoms. The Labute approximate surface area is 168 Å². The van der Waals surface area contributed by atoms with E-state index >= 15 is 0 Å². The molecule has 1 N–H and O–H groups in total. The number of anilines is 2. The van der Waals surface area contributed by atoms with E-state index in [0.29, 0.717) is 11.4 Å². The number of sulfonamides is 1. The molecule has 152 valence electrons. The van der Waals surface area contributed by atoms with Gasteiger partial charge in [-0.2, -0.15) is 0 Å². The summed E-state index contributed by atoms with van der Waals surface area (Å²) in [5.41, 5.74) is 3.13. The molecule has 0 aliphatic carbocycles. The van der Waals surface area contributed by atoms with Crippen LogP contribution in [0, 0.1) is 13.8 Å². The Morgan fingerprint density at radius 2 is 1.64 bits per heavy atom. The number of methoxy groups -OCH3 is 1. The minimum absolute atomic E-state index is 0.244. The zero-order valence-electron chi connectivity index (χ0n) is 17.0. The maximum atomic E-state index is 13.1. The highest BCUT2D eigenvalue weighted by Gasteiger charge is 2.22. The van der Waals surface area contributed by atoms with Crippen molar-refractivity contribution in [3.05, 3.63) is 47.5 Å². The van der Waals surface area contributed by atoms with E-state index in [1.165, 1.54) is 0 Å². The van der Waals surface area contributed by atoms with E-state index in [4.69, 9.17) is 4.74 Å². The molecular formula is C21H29N3O3S. The maximum Gasteiger partial charge on any atom is 0.261 e. The summed E-state index contributed by atoms with van der Waals surface area (Å²) in [6, 6.07) is 10.9. The normalized spacial score (nSPS) is 15.5. The number of hydrogen-bond acceptors (Lipinski definition) is 5. The first kappa shape index (κ1) is 20.5. The molecule has 0 radical (unpaired) electrons. The minimum atomic E-state index is -3.70. The smallest absolute Gasteiger partial charge is 0.261 e. The summed E-state index contributed by atoms with van der Waals surface area (Å²) < 4.78 is 34.3. The third kappa shape index (κ3) is 4.25. The minimum Gasteiger partial charge on any atom is -0.496 e. The van der Waals surface area contributed by atoms with Crippen molar-refractivity contribution in [3.63, 3.8) is 0 Å². The second-order valence-corrected chi connectivity index (χ2v) is 8.82. The van der Waals surface area contributed by atoms with Crippen LogP contribution in [0.4, 0.5) is 11.4 Å². The summed E-state index contributed by atoms with van der Waals surface area (Å²) in [4.78, 5) is 4.88. The lowest BCUT2D eigenvalue weighted by Gasteiger charge is -2.36. The van der Waals surface area contributed by atoms with E-state index in [1.807, 2.05) is 38.1 Å². The standard InChI is InChI=1S/C21H29N3O3S/c1-5-23-10-12-24(13-11-23)20-9-7-6-8-19(20)22-28(25,26)18-14-16(2)21(27-4)17(3)15-18/h6-9,14-15,22H,5,10-13H2,1-4H3. The molecule has 28 heavy (non-hydrogen) atoms. The summed E-state index contributed by atoms with van der Waals surface area (Å²) >= 11 is 0. The van der Waals surface area contributed by atoms with Gasteiger partial charge in [-0.3, -0.25) is 4.72 Å². The Morgan fingerprint density at radius 1 is 1.04 bits per heavy atom. The van der Waals surface area contributed by atoms with Gasteiger partial charge in [0.2, 0.25) is 0 Å². The molecule has 1 aliphatic heterocycles. The Bertz CT molecular complexity index is 913. The molecule has 0 bridgehead atoms. The zero-order valence-corrected chi connectivity index (χ0v) is 17.8. The molecule has 2 aromatic rings. The molecule has 7 heteroatoms. The molecule has 2 aromatic carbocycles. The van der Waals surface area contributed by atoms with Crippen LogP contribution in [0.3, 0.4) is 0 Å². The number of piperazine rings is 1. The third-order valence-corrected chi connectivity index (χ3v) is 6.60. The number of nitrogens with zero attached hydrogens (tertiary/aromatic N) is 2. The van der Waals surface area contributed by atoms with Crippen LogP contribution in [-0.4, -0.2) is 53.2 Å². The van der Waals surface area contributed by atoms with Crippen LogP contribution in [0.15, 0.2) is 41.3 Å². The van der Waals surface area contributed by atoms with Crippen molar-refractivity contribution in [1.82, 2.24) is 4.90 Å². The zero-order chi connectivity index (χ0) is 20.3. The Hall–Kier alpha value is -2.25. The largest absolute Gasteiger partial charge is 0.496 e. The van der Waals surface area contributed by atoms with Crippen molar-refractivity contribution >= 4 is 21.4 Å². The highest BCUT2D eigenvalue weighted by Crippen LogP contribution is 2.31. The first-order chi connectivity index (χ1) is 13.4. The number of aryl methyl sites for hydroxylation is 2. The van der Waals surface area contributed by atoms with Crippen molar-refractivity contribution in [2.24, 2.45) is 0 Å². The quantitative estimate of drug-likeness (QED) is 0.802. The van der Waals surface area contributed by atoms with Gasteiger partial charge in [-0.15, -0.1) is 0 Å². The number of para-hydroxylation sites is 2. The number of hydrogen-bond donors (Lipinski definition) is 1. The van der Waals surface area contributed by atoms with Crippen LogP contribution >= 0.6 is 0 Å². The predicted molar refractivity (Wildman–Crippen MR) is 114 cm³/mol. The fraction of sp³-hybridized carbons (Fsp3) is 0.429. The maximum absolute atomic E-state index is 13.1. The van der Waals surface area contributed by atoms with Gasteiger partial charge in [0.1, 0.15) is 5.75 Å². The monoisotopic (exact) mass is 403 g/mol. The second kappa shape index (κ2) is 8.41. The fourth-order valence-electron chi connectivity index (χ4n) is 3.73. The lowest BCUT2D eigenvalue weighted by molar-refractivity contribution is 0.271. The van der Waals surface area contributed by atoms with Crippen molar-refractivity contribution in [2.45, 2.75) is 25.7 Å². The van der Waals surface area contributed by atoms with Crippen molar-refractivity contribution in [2.75, 3.05) is 49.5 Å². The first-order valence-electron chi connectivity index (χ1n) is 9.60. The van der Waals surface area contributed by atoms with Crippen molar-refractivity contribution in [3.8, 4) is 5.75 Å². The Morgan fingerprint density at radius 3 is 2.21 bits per heavy atom. The van der Waals surface area contributed by atoms with E-state index in [0.717, 1.165) is 49.5 Å². The van der Waals surface area contributed by atoms with Gasteiger partial charge in [-0.1, -0.05) is 19.1 Å². The van der Waals surface area contributed by atoms with Gasteiger partial charge in [0.25, 0.3) is 10.0 Å². The van der Waals surface area contributed by atoms with Crippen LogP contribution in [0.25, 0.3) is 0 Å². The van der Waals surface area contributed by atoms with Crippen LogP contribution in [-0.2, 0) is 10.0 Å². The molecule has 1 fully saturated rings. The van der Waals surface area contributed by atoms with Gasteiger partial charge < -0.3 is 14.5 Å². The number of ether oxygens (including phenoxy) is 1. The summed E-state index contributed by atoms with van der Waals surface area (Å²) in [5.74, 6) is 0.716. The van der Waals surface area contributed by atoms with Gasteiger partial charge in [-0.05, 0) is 55.8 Å². The van der Waals surface area contributed by atoms with Gasteiger partial charge in [0, 0.05) is 26.2 Å². The molecule has 1 saturated heterocycles. The molecular weight excluding hydrogens is 374 g/mol. The lowest BCUT2D eigenvalue weighted by Crippen LogP contribution is -2.46. The van der Waals surface area contributed by atoms with Crippen LogP contribution in [0.2, 0.25) is 0 Å². The highest BCUT2D eigenvalue weighted by atomic mass is 32.2. The summed E-state index contributed by atoms with van der Waals surface area (Å²) in [7, 11) is -2.11. The summed E-state index contributed by atoms with van der Waals surface area (Å²) in [6.07, 6.45) is 0. The Balaban J connectivity index is 1.88. The molecule has 0 amide bonds. The molecule has 6 nitrogen and oxygen atoms in total. The van der Waals surface area contributed by atoms with E-state index in [1.54, 1.807) is 19.2 Å². The number of benzene rings is 2. The molecule has 0 saturated carbocycles. The Kier molecular flexibility index (Phi) is 6.15. The topological polar surface area (TPSA) is 61.9 Å². The average molecular weight is 404 g/mol. The fourth-order valence-corrected chi connectivity index (χ4v) is 4.98.